The Morgan fingerprint density at radius 3 is 2.58 bits per heavy atom. The zero-order valence-corrected chi connectivity index (χ0v) is 15.8. The molecule has 2 aromatic carbocycles. The highest BCUT2D eigenvalue weighted by molar-refractivity contribution is 8.02. The van der Waals surface area contributed by atoms with Crippen LogP contribution in [0.2, 0.25) is 5.02 Å². The number of thioether (sulfide) groups is 2. The van der Waals surface area contributed by atoms with E-state index < -0.39 is 0 Å². The summed E-state index contributed by atoms with van der Waals surface area (Å²) in [5, 5.41) is 1.87. The van der Waals surface area contributed by atoms with Gasteiger partial charge in [0, 0.05) is 16.5 Å². The van der Waals surface area contributed by atoms with Gasteiger partial charge in [-0.05, 0) is 43.5 Å². The van der Waals surface area contributed by atoms with Gasteiger partial charge in [-0.25, -0.2) is 4.98 Å². The van der Waals surface area contributed by atoms with Crippen molar-refractivity contribution in [2.24, 2.45) is 0 Å². The van der Waals surface area contributed by atoms with E-state index in [-0.39, 0.29) is 5.56 Å². The number of hydrogen-bond donors (Lipinski definition) is 0. The van der Waals surface area contributed by atoms with Gasteiger partial charge in [0.1, 0.15) is 0 Å². The van der Waals surface area contributed by atoms with Gasteiger partial charge in [0.15, 0.2) is 5.16 Å². The second-order valence-corrected chi connectivity index (χ2v) is 7.86. The van der Waals surface area contributed by atoms with Crippen LogP contribution in [0.25, 0.3) is 16.6 Å². The molecule has 0 saturated heterocycles. The van der Waals surface area contributed by atoms with Gasteiger partial charge in [-0.3, -0.25) is 9.36 Å². The number of nitrogens with zero attached hydrogens (tertiary/aromatic N) is 2. The highest BCUT2D eigenvalue weighted by Crippen LogP contribution is 2.23. The number of aromatic nitrogens is 2. The lowest BCUT2D eigenvalue weighted by Crippen LogP contribution is -2.22. The topological polar surface area (TPSA) is 34.9 Å². The van der Waals surface area contributed by atoms with Crippen LogP contribution in [0.5, 0.6) is 0 Å². The van der Waals surface area contributed by atoms with Crippen molar-refractivity contribution in [3.8, 4) is 5.69 Å². The van der Waals surface area contributed by atoms with E-state index in [9.17, 15) is 4.79 Å². The quantitative estimate of drug-likeness (QED) is 0.364. The molecule has 0 aliphatic carbocycles. The summed E-state index contributed by atoms with van der Waals surface area (Å²) in [5.41, 5.74) is 2.57. The maximum absolute atomic E-state index is 13.0. The van der Waals surface area contributed by atoms with E-state index in [0.29, 0.717) is 21.1 Å². The van der Waals surface area contributed by atoms with Crippen molar-refractivity contribution in [3.05, 3.63) is 63.4 Å². The van der Waals surface area contributed by atoms with Crippen LogP contribution in [0.15, 0.2) is 52.4 Å². The van der Waals surface area contributed by atoms with Gasteiger partial charge < -0.3 is 0 Å². The molecular formula is C18H17ClN2OS2. The molecule has 0 N–H and O–H groups in total. The first-order valence-electron chi connectivity index (χ1n) is 7.51. The Bertz CT molecular complexity index is 923. The molecule has 1 heterocycles. The van der Waals surface area contributed by atoms with Crippen molar-refractivity contribution >= 4 is 46.0 Å². The molecule has 0 atom stereocenters. The molecule has 0 bridgehead atoms. The number of rotatable bonds is 5. The average Bonchev–Trinajstić information content (AvgIpc) is 2.56. The van der Waals surface area contributed by atoms with Crippen LogP contribution < -0.4 is 5.56 Å². The van der Waals surface area contributed by atoms with Gasteiger partial charge >= 0.3 is 0 Å². The lowest BCUT2D eigenvalue weighted by molar-refractivity contribution is 0.820. The molecule has 0 unspecified atom stereocenters. The second kappa shape index (κ2) is 7.64. The fraction of sp³-hybridized carbons (Fsp3) is 0.222. The lowest BCUT2D eigenvalue weighted by atomic mass is 10.2. The molecule has 24 heavy (non-hydrogen) atoms. The summed E-state index contributed by atoms with van der Waals surface area (Å²) in [6, 6.07) is 13.1. The summed E-state index contributed by atoms with van der Waals surface area (Å²) in [4.78, 5) is 17.7. The summed E-state index contributed by atoms with van der Waals surface area (Å²) in [6.07, 6.45) is 2.07. The van der Waals surface area contributed by atoms with Gasteiger partial charge in [-0.15, -0.1) is 0 Å². The maximum Gasteiger partial charge on any atom is 0.266 e. The molecule has 124 valence electrons. The van der Waals surface area contributed by atoms with Crippen LogP contribution in [0.1, 0.15) is 5.56 Å². The smallest absolute Gasteiger partial charge is 0.266 e. The summed E-state index contributed by atoms with van der Waals surface area (Å²) in [7, 11) is 0. The van der Waals surface area contributed by atoms with Crippen molar-refractivity contribution < 1.29 is 0 Å². The summed E-state index contributed by atoms with van der Waals surface area (Å²) in [5.74, 6) is 1.90. The van der Waals surface area contributed by atoms with Crippen molar-refractivity contribution in [2.75, 3.05) is 17.8 Å². The number of benzene rings is 2. The van der Waals surface area contributed by atoms with E-state index >= 15 is 0 Å². The molecule has 3 rings (SSSR count). The van der Waals surface area contributed by atoms with Crippen molar-refractivity contribution in [3.63, 3.8) is 0 Å². The molecule has 0 aliphatic heterocycles. The molecule has 0 amide bonds. The van der Waals surface area contributed by atoms with Crippen LogP contribution in [0.4, 0.5) is 0 Å². The van der Waals surface area contributed by atoms with E-state index in [2.05, 4.69) is 6.26 Å². The van der Waals surface area contributed by atoms with Crippen LogP contribution in [0, 0.1) is 6.92 Å². The monoisotopic (exact) mass is 376 g/mol. The van der Waals surface area contributed by atoms with E-state index in [0.717, 1.165) is 22.8 Å². The normalized spacial score (nSPS) is 11.1. The average molecular weight is 377 g/mol. The molecule has 3 nitrogen and oxygen atoms in total. The Balaban J connectivity index is 2.21. The highest BCUT2D eigenvalue weighted by Gasteiger charge is 2.13. The minimum atomic E-state index is -0.0628. The Hall–Kier alpha value is -1.43. The van der Waals surface area contributed by atoms with E-state index in [4.69, 9.17) is 16.6 Å². The molecule has 0 radical (unpaired) electrons. The standard InChI is InChI=1S/C18H17ClN2OS2/c1-12-3-6-14(7-4-12)21-17(22)15-8-5-13(19)11-16(15)20-18(21)24-10-9-23-2/h3-8,11H,9-10H2,1-2H3. The van der Waals surface area contributed by atoms with Crippen LogP contribution >= 0.6 is 35.1 Å². The molecule has 0 saturated carbocycles. The third kappa shape index (κ3) is 3.63. The molecule has 0 aliphatic rings. The van der Waals surface area contributed by atoms with E-state index in [1.165, 1.54) is 0 Å². The Kier molecular flexibility index (Phi) is 5.54. The SMILES string of the molecule is CSCCSc1nc2cc(Cl)ccc2c(=O)n1-c1ccc(C)cc1. The fourth-order valence-corrected chi connectivity index (χ4v) is 4.20. The van der Waals surface area contributed by atoms with E-state index in [1.807, 2.05) is 31.2 Å². The van der Waals surface area contributed by atoms with Crippen molar-refractivity contribution in [1.82, 2.24) is 9.55 Å². The van der Waals surface area contributed by atoms with Gasteiger partial charge in [0.25, 0.3) is 5.56 Å². The number of halogens is 1. The number of aryl methyl sites for hydroxylation is 1. The zero-order chi connectivity index (χ0) is 17.1. The lowest BCUT2D eigenvalue weighted by Gasteiger charge is -2.13. The molecule has 0 spiro atoms. The van der Waals surface area contributed by atoms with Gasteiger partial charge in [-0.1, -0.05) is 41.1 Å². The van der Waals surface area contributed by atoms with Crippen LogP contribution in [-0.4, -0.2) is 27.3 Å². The maximum atomic E-state index is 13.0. The van der Waals surface area contributed by atoms with Gasteiger partial charge in [0.2, 0.25) is 0 Å². The van der Waals surface area contributed by atoms with Gasteiger partial charge in [-0.2, -0.15) is 11.8 Å². The van der Waals surface area contributed by atoms with Crippen LogP contribution in [0.3, 0.4) is 0 Å². The molecule has 3 aromatic rings. The first-order valence-corrected chi connectivity index (χ1v) is 10.3. The minimum Gasteiger partial charge on any atom is -0.268 e. The molecule has 0 fully saturated rings. The predicted molar refractivity (Wildman–Crippen MR) is 106 cm³/mol. The number of fused-ring (bicyclic) bond motifs is 1. The minimum absolute atomic E-state index is 0.0628. The first kappa shape index (κ1) is 17.4. The Labute approximate surface area is 154 Å². The number of hydrogen-bond acceptors (Lipinski definition) is 4. The largest absolute Gasteiger partial charge is 0.268 e. The highest BCUT2D eigenvalue weighted by atomic mass is 35.5. The Morgan fingerprint density at radius 1 is 1.12 bits per heavy atom. The molecule has 6 heteroatoms. The second-order valence-electron chi connectivity index (χ2n) is 5.37. The zero-order valence-electron chi connectivity index (χ0n) is 13.5. The van der Waals surface area contributed by atoms with Crippen LogP contribution in [-0.2, 0) is 0 Å². The summed E-state index contributed by atoms with van der Waals surface area (Å²) in [6.45, 7) is 2.03. The Morgan fingerprint density at radius 2 is 1.88 bits per heavy atom. The van der Waals surface area contributed by atoms with Crippen molar-refractivity contribution in [1.29, 1.82) is 0 Å². The summed E-state index contributed by atoms with van der Waals surface area (Å²) < 4.78 is 1.70. The third-order valence-electron chi connectivity index (χ3n) is 3.61. The predicted octanol–water partition coefficient (Wildman–Crippen LogP) is 4.80. The van der Waals surface area contributed by atoms with Crippen molar-refractivity contribution in [2.45, 2.75) is 12.1 Å². The van der Waals surface area contributed by atoms with Gasteiger partial charge in [0.05, 0.1) is 16.6 Å². The third-order valence-corrected chi connectivity index (χ3v) is 5.66. The molecule has 1 aromatic heterocycles. The first-order chi connectivity index (χ1) is 11.6. The molecular weight excluding hydrogens is 360 g/mol. The summed E-state index contributed by atoms with van der Waals surface area (Å²) >= 11 is 9.44. The fourth-order valence-electron chi connectivity index (χ4n) is 2.37. The van der Waals surface area contributed by atoms with E-state index in [1.54, 1.807) is 46.3 Å².